The highest BCUT2D eigenvalue weighted by Gasteiger charge is 2.53. The van der Waals surface area contributed by atoms with Gasteiger partial charge in [0.15, 0.2) is 5.60 Å². The van der Waals surface area contributed by atoms with Gasteiger partial charge in [-0.25, -0.2) is 4.79 Å². The van der Waals surface area contributed by atoms with E-state index in [1.54, 1.807) is 0 Å². The van der Waals surface area contributed by atoms with E-state index < -0.39 is 5.60 Å². The van der Waals surface area contributed by atoms with Gasteiger partial charge in [-0.05, 0) is 67.8 Å². The molecule has 1 unspecified atom stereocenters. The molecule has 0 amide bonds. The fourth-order valence-electron chi connectivity index (χ4n) is 6.32. The number of anilines is 3. The summed E-state index contributed by atoms with van der Waals surface area (Å²) >= 11 is 6.50. The monoisotopic (exact) mass is 594 g/mol. The number of nitrogens with one attached hydrogen (secondary N) is 1. The van der Waals surface area contributed by atoms with Crippen LogP contribution in [0.2, 0.25) is 5.02 Å². The number of esters is 1. The number of fused-ring (bicyclic) bond motifs is 6. The highest BCUT2D eigenvalue weighted by molar-refractivity contribution is 6.33. The average molecular weight is 595 g/mol. The van der Waals surface area contributed by atoms with E-state index in [0.29, 0.717) is 16.3 Å². The molecule has 0 saturated carbocycles. The van der Waals surface area contributed by atoms with Gasteiger partial charge in [0.1, 0.15) is 11.5 Å². The van der Waals surface area contributed by atoms with Gasteiger partial charge in [-0.2, -0.15) is 0 Å². The van der Waals surface area contributed by atoms with Crippen molar-refractivity contribution in [3.63, 3.8) is 0 Å². The molecule has 43 heavy (non-hydrogen) atoms. The van der Waals surface area contributed by atoms with Gasteiger partial charge in [-0.15, -0.1) is 0 Å². The van der Waals surface area contributed by atoms with Crippen molar-refractivity contribution in [2.75, 3.05) is 23.3 Å². The van der Waals surface area contributed by atoms with Crippen molar-refractivity contribution in [2.24, 2.45) is 0 Å². The lowest BCUT2D eigenvalue weighted by molar-refractivity contribution is 0.0224. The predicted octanol–water partition coefficient (Wildman–Crippen LogP) is 10.1. The maximum Gasteiger partial charge on any atom is 0.340 e. The van der Waals surface area contributed by atoms with Crippen molar-refractivity contribution in [1.82, 2.24) is 0 Å². The van der Waals surface area contributed by atoms with Gasteiger partial charge >= 0.3 is 5.97 Å². The van der Waals surface area contributed by atoms with E-state index in [9.17, 15) is 4.79 Å². The summed E-state index contributed by atoms with van der Waals surface area (Å²) in [6.45, 7) is 8.53. The van der Waals surface area contributed by atoms with Gasteiger partial charge in [0.25, 0.3) is 0 Å². The minimum atomic E-state index is -1.13. The van der Waals surface area contributed by atoms with Gasteiger partial charge in [0, 0.05) is 47.2 Å². The van der Waals surface area contributed by atoms with Crippen molar-refractivity contribution in [1.29, 1.82) is 0 Å². The number of unbranched alkanes of at least 4 members (excludes halogenated alkanes) is 4. The van der Waals surface area contributed by atoms with Crippen LogP contribution in [0, 0.1) is 6.92 Å². The molecule has 1 spiro atoms. The van der Waals surface area contributed by atoms with E-state index in [2.05, 4.69) is 42.3 Å². The summed E-state index contributed by atoms with van der Waals surface area (Å²) in [6, 6.07) is 25.8. The molecule has 0 aliphatic carbocycles. The first-order valence-electron chi connectivity index (χ1n) is 15.5. The minimum Gasteiger partial charge on any atom is -0.456 e. The summed E-state index contributed by atoms with van der Waals surface area (Å²) in [6.07, 6.45) is 7.09. The average Bonchev–Trinajstić information content (AvgIpc) is 3.30. The van der Waals surface area contributed by atoms with Crippen LogP contribution in [0.15, 0.2) is 78.9 Å². The molecular formula is C37H39ClN2O3. The number of carbonyl (C=O) groups excluding carboxylic acids is 1. The van der Waals surface area contributed by atoms with Gasteiger partial charge in [-0.1, -0.05) is 81.5 Å². The van der Waals surface area contributed by atoms with Crippen molar-refractivity contribution < 1.29 is 14.3 Å². The minimum absolute atomic E-state index is 0.333. The molecule has 6 heteroatoms. The summed E-state index contributed by atoms with van der Waals surface area (Å²) in [4.78, 5) is 15.9. The molecule has 0 saturated heterocycles. The van der Waals surface area contributed by atoms with Gasteiger partial charge in [-0.3, -0.25) is 0 Å². The number of para-hydroxylation sites is 1. The Hall–Kier alpha value is -3.96. The molecule has 4 aromatic rings. The quantitative estimate of drug-likeness (QED) is 0.138. The highest BCUT2D eigenvalue weighted by atomic mass is 35.5. The van der Waals surface area contributed by atoms with Crippen molar-refractivity contribution in [3.8, 4) is 11.5 Å². The Kier molecular flexibility index (Phi) is 8.36. The zero-order valence-electron chi connectivity index (χ0n) is 25.2. The molecule has 6 rings (SSSR count). The smallest absolute Gasteiger partial charge is 0.340 e. The van der Waals surface area contributed by atoms with Crippen LogP contribution < -0.4 is 15.0 Å². The van der Waals surface area contributed by atoms with Crippen LogP contribution >= 0.6 is 11.6 Å². The highest BCUT2D eigenvalue weighted by Crippen LogP contribution is 2.57. The lowest BCUT2D eigenvalue weighted by atomic mass is 9.77. The van der Waals surface area contributed by atoms with Crippen molar-refractivity contribution >= 4 is 34.6 Å². The Morgan fingerprint density at radius 3 is 2.21 bits per heavy atom. The summed E-state index contributed by atoms with van der Waals surface area (Å²) in [5.74, 6) is 1.07. The number of hydrogen-bond acceptors (Lipinski definition) is 5. The first-order valence-corrected chi connectivity index (χ1v) is 15.9. The second-order valence-corrected chi connectivity index (χ2v) is 12.0. The second-order valence-electron chi connectivity index (χ2n) is 11.6. The Balaban J connectivity index is 1.48. The molecule has 0 radical (unpaired) electrons. The van der Waals surface area contributed by atoms with Crippen LogP contribution in [-0.2, 0) is 10.3 Å². The third-order valence-corrected chi connectivity index (χ3v) is 8.94. The molecule has 0 aromatic heterocycles. The summed E-state index contributed by atoms with van der Waals surface area (Å²) < 4.78 is 13.1. The van der Waals surface area contributed by atoms with Crippen LogP contribution in [0.5, 0.6) is 11.5 Å². The summed E-state index contributed by atoms with van der Waals surface area (Å²) in [5.41, 5.74) is 5.69. The van der Waals surface area contributed by atoms with E-state index in [0.717, 1.165) is 71.0 Å². The molecule has 2 heterocycles. The first kappa shape index (κ1) is 29.1. The van der Waals surface area contributed by atoms with Crippen LogP contribution in [0.3, 0.4) is 0 Å². The standard InChI is InChI=1S/C37H39ClN2O3/c1-4-6-12-20-40(21-13-7-5-2)26-18-19-29-35(23-26)42-34-22-25(3)33(39-32-17-11-10-16-31(32)38)24-30(34)37(29)28-15-9-8-14-27(28)36(41)43-37/h8-11,14-19,22-24,39H,4-7,12-13,20-21H2,1-3H3. The number of aryl methyl sites for hydroxylation is 1. The molecule has 2 aliphatic rings. The fraction of sp³-hybridized carbons (Fsp3) is 0.324. The van der Waals surface area contributed by atoms with Crippen LogP contribution in [0.4, 0.5) is 17.1 Å². The van der Waals surface area contributed by atoms with Gasteiger partial charge < -0.3 is 19.7 Å². The number of ether oxygens (including phenoxy) is 2. The second kappa shape index (κ2) is 12.3. The predicted molar refractivity (Wildman–Crippen MR) is 175 cm³/mol. The number of nitrogens with zero attached hydrogens (tertiary/aromatic N) is 1. The maximum absolute atomic E-state index is 13.4. The van der Waals surface area contributed by atoms with Crippen LogP contribution in [-0.4, -0.2) is 19.1 Å². The molecule has 1 N–H and O–H groups in total. The normalized spacial score (nSPS) is 16.2. The van der Waals surface area contributed by atoms with E-state index in [4.69, 9.17) is 21.1 Å². The molecule has 1 atom stereocenters. The van der Waals surface area contributed by atoms with E-state index in [1.165, 1.54) is 25.7 Å². The lowest BCUT2D eigenvalue weighted by Crippen LogP contribution is -2.33. The zero-order chi connectivity index (χ0) is 30.0. The third-order valence-electron chi connectivity index (χ3n) is 8.61. The Morgan fingerprint density at radius 1 is 0.767 bits per heavy atom. The third kappa shape index (κ3) is 5.36. The van der Waals surface area contributed by atoms with Crippen LogP contribution in [0.25, 0.3) is 0 Å². The largest absolute Gasteiger partial charge is 0.456 e. The number of carbonyl (C=O) groups is 1. The number of hydrogen-bond donors (Lipinski definition) is 1. The summed E-state index contributed by atoms with van der Waals surface area (Å²) in [7, 11) is 0. The van der Waals surface area contributed by atoms with Crippen molar-refractivity contribution in [3.05, 3.63) is 112 Å². The number of benzene rings is 4. The fourth-order valence-corrected chi connectivity index (χ4v) is 6.51. The SMILES string of the molecule is CCCCCN(CCCCC)c1ccc2c(c1)Oc1cc(C)c(Nc3ccccc3Cl)cc1C21OC(=O)c2ccccc21. The molecule has 4 aromatic carbocycles. The molecule has 0 fully saturated rings. The number of halogens is 1. The van der Waals surface area contributed by atoms with E-state index in [1.807, 2.05) is 67.6 Å². The Labute approximate surface area is 259 Å². The maximum atomic E-state index is 13.4. The summed E-state index contributed by atoms with van der Waals surface area (Å²) in [5, 5.41) is 4.12. The molecule has 5 nitrogen and oxygen atoms in total. The topological polar surface area (TPSA) is 50.8 Å². The molecule has 0 bridgehead atoms. The Bertz CT molecular complexity index is 1640. The van der Waals surface area contributed by atoms with Gasteiger partial charge in [0.05, 0.1) is 16.3 Å². The van der Waals surface area contributed by atoms with Gasteiger partial charge in [0.2, 0.25) is 0 Å². The van der Waals surface area contributed by atoms with Crippen LogP contribution in [0.1, 0.15) is 85.0 Å². The Morgan fingerprint density at radius 2 is 1.47 bits per heavy atom. The van der Waals surface area contributed by atoms with E-state index in [-0.39, 0.29) is 5.97 Å². The van der Waals surface area contributed by atoms with Crippen molar-refractivity contribution in [2.45, 2.75) is 64.9 Å². The molecule has 2 aliphatic heterocycles. The van der Waals surface area contributed by atoms with E-state index >= 15 is 0 Å². The zero-order valence-corrected chi connectivity index (χ0v) is 26.0. The molecule has 222 valence electrons. The molecular weight excluding hydrogens is 556 g/mol. The number of rotatable bonds is 11. The first-order chi connectivity index (χ1) is 21.0. The lowest BCUT2D eigenvalue weighted by Gasteiger charge is -2.38.